The molecule has 4 rings (SSSR count). The first-order valence-electron chi connectivity index (χ1n) is 9.01. The lowest BCUT2D eigenvalue weighted by atomic mass is 9.93. The molecular formula is C20H17F2N5O3. The number of anilines is 1. The summed E-state index contributed by atoms with van der Waals surface area (Å²) >= 11 is 0. The fourth-order valence-electron chi connectivity index (χ4n) is 2.93. The number of aliphatic hydroxyl groups excluding tert-OH is 1. The third-order valence-electron chi connectivity index (χ3n) is 4.66. The second-order valence-corrected chi connectivity index (χ2v) is 7.22. The highest BCUT2D eigenvalue weighted by molar-refractivity contribution is 5.90. The zero-order valence-electron chi connectivity index (χ0n) is 15.9. The van der Waals surface area contributed by atoms with Crippen LogP contribution in [0.25, 0.3) is 11.0 Å². The van der Waals surface area contributed by atoms with Gasteiger partial charge in [-0.05, 0) is 6.07 Å². The van der Waals surface area contributed by atoms with Crippen LogP contribution < -0.4 is 10.1 Å². The number of hydrogen-bond donors (Lipinski definition) is 3. The van der Waals surface area contributed by atoms with Crippen LogP contribution in [0.2, 0.25) is 0 Å². The summed E-state index contributed by atoms with van der Waals surface area (Å²) in [4.78, 5) is 11.0. The average molecular weight is 413 g/mol. The van der Waals surface area contributed by atoms with Crippen LogP contribution in [-0.4, -0.2) is 40.9 Å². The summed E-state index contributed by atoms with van der Waals surface area (Å²) in [6.45, 7) is 2.26. The van der Waals surface area contributed by atoms with Gasteiger partial charge in [-0.25, -0.2) is 18.8 Å². The van der Waals surface area contributed by atoms with Crippen LogP contribution in [0.15, 0.2) is 35.6 Å². The number of ether oxygens (including phenoxy) is 2. The molecule has 0 unspecified atom stereocenters. The zero-order valence-corrected chi connectivity index (χ0v) is 15.9. The van der Waals surface area contributed by atoms with Crippen molar-refractivity contribution in [1.29, 1.82) is 5.26 Å². The topological polar surface area (TPSA) is 116 Å². The Balaban J connectivity index is 1.59. The maximum atomic E-state index is 14.6. The summed E-state index contributed by atoms with van der Waals surface area (Å²) in [5, 5.41) is 21.6. The third kappa shape index (κ3) is 3.62. The van der Waals surface area contributed by atoms with E-state index in [4.69, 9.17) is 9.47 Å². The number of nitriles is 1. The van der Waals surface area contributed by atoms with Crippen LogP contribution in [0.1, 0.15) is 12.5 Å². The molecule has 154 valence electrons. The summed E-state index contributed by atoms with van der Waals surface area (Å²) in [5.41, 5.74) is 0.207. The minimum Gasteiger partial charge on any atom is -0.464 e. The summed E-state index contributed by atoms with van der Waals surface area (Å²) < 4.78 is 40.1. The van der Waals surface area contributed by atoms with Crippen molar-refractivity contribution in [3.8, 4) is 17.6 Å². The molecule has 0 aliphatic carbocycles. The number of aliphatic imine (C=N–C) groups is 1. The van der Waals surface area contributed by atoms with E-state index in [9.17, 15) is 19.1 Å². The molecule has 0 amide bonds. The molecule has 3 N–H and O–H groups in total. The van der Waals surface area contributed by atoms with Crippen LogP contribution in [0.3, 0.4) is 0 Å². The second-order valence-electron chi connectivity index (χ2n) is 7.22. The van der Waals surface area contributed by atoms with Crippen LogP contribution >= 0.6 is 0 Å². The first-order valence-corrected chi connectivity index (χ1v) is 9.01. The molecule has 1 aliphatic heterocycles. The van der Waals surface area contributed by atoms with Gasteiger partial charge in [0, 0.05) is 35.6 Å². The molecule has 2 aromatic heterocycles. The van der Waals surface area contributed by atoms with Crippen molar-refractivity contribution in [2.24, 2.45) is 10.4 Å². The molecule has 0 saturated carbocycles. The predicted octanol–water partition coefficient (Wildman–Crippen LogP) is 3.30. The SMILES string of the molecule is C[C@]1(CO)CN=C(Nc2cc(F)c(Oc3ccnc4[nH]cc(C#N)c34)c(F)c2)OC1. The fourth-order valence-corrected chi connectivity index (χ4v) is 2.93. The molecule has 1 aromatic carbocycles. The Morgan fingerprint density at radius 3 is 2.80 bits per heavy atom. The number of H-pyrrole nitrogens is 1. The Labute approximate surface area is 169 Å². The monoisotopic (exact) mass is 413 g/mol. The molecule has 30 heavy (non-hydrogen) atoms. The molecule has 10 heteroatoms. The van der Waals surface area contributed by atoms with Gasteiger partial charge in [0.15, 0.2) is 17.4 Å². The van der Waals surface area contributed by atoms with E-state index in [0.29, 0.717) is 17.6 Å². The van der Waals surface area contributed by atoms with Crippen molar-refractivity contribution < 1.29 is 23.4 Å². The summed E-state index contributed by atoms with van der Waals surface area (Å²) in [6, 6.07) is 5.60. The lowest BCUT2D eigenvalue weighted by Gasteiger charge is -2.30. The fraction of sp³-hybridized carbons (Fsp3) is 0.250. The van der Waals surface area contributed by atoms with E-state index in [-0.39, 0.29) is 36.2 Å². The van der Waals surface area contributed by atoms with E-state index in [2.05, 4.69) is 20.3 Å². The lowest BCUT2D eigenvalue weighted by Crippen LogP contribution is -2.38. The molecule has 0 saturated heterocycles. The van der Waals surface area contributed by atoms with Crippen LogP contribution in [-0.2, 0) is 4.74 Å². The van der Waals surface area contributed by atoms with Crippen molar-refractivity contribution >= 4 is 22.7 Å². The third-order valence-corrected chi connectivity index (χ3v) is 4.66. The first kappa shape index (κ1) is 19.6. The van der Waals surface area contributed by atoms with Gasteiger partial charge < -0.3 is 24.9 Å². The molecule has 1 aliphatic rings. The van der Waals surface area contributed by atoms with Gasteiger partial charge in [-0.1, -0.05) is 6.92 Å². The largest absolute Gasteiger partial charge is 0.464 e. The number of nitrogens with zero attached hydrogens (tertiary/aromatic N) is 3. The number of halogens is 2. The second kappa shape index (κ2) is 7.61. The Kier molecular flexibility index (Phi) is 4.97. The van der Waals surface area contributed by atoms with E-state index in [1.807, 2.05) is 13.0 Å². The summed E-state index contributed by atoms with van der Waals surface area (Å²) in [5.74, 6) is -2.42. The molecule has 1 atom stereocenters. The number of pyridine rings is 1. The number of aromatic nitrogens is 2. The quantitative estimate of drug-likeness (QED) is 0.605. The number of nitrogens with one attached hydrogen (secondary N) is 2. The molecule has 0 bridgehead atoms. The molecule has 0 fully saturated rings. The van der Waals surface area contributed by atoms with Crippen LogP contribution in [0.5, 0.6) is 11.5 Å². The van der Waals surface area contributed by atoms with E-state index >= 15 is 0 Å². The summed E-state index contributed by atoms with van der Waals surface area (Å²) in [7, 11) is 0. The number of aliphatic hydroxyl groups is 1. The Morgan fingerprint density at radius 2 is 2.17 bits per heavy atom. The standard InChI is InChI=1S/C20H17F2N5O3/c1-20(9-28)8-26-19(29-10-20)27-12-4-13(21)17(14(22)5-12)30-15-2-3-24-18-16(15)11(6-23)7-25-18/h2-5,7,28H,8-10H2,1H3,(H,24,25)(H,26,27)/t20-/m1/s1. The highest BCUT2D eigenvalue weighted by Crippen LogP contribution is 2.35. The number of fused-ring (bicyclic) bond motifs is 1. The zero-order chi connectivity index (χ0) is 21.3. The molecular weight excluding hydrogens is 396 g/mol. The van der Waals surface area contributed by atoms with Gasteiger partial charge in [-0.3, -0.25) is 0 Å². The van der Waals surface area contributed by atoms with Gasteiger partial charge >= 0.3 is 0 Å². The van der Waals surface area contributed by atoms with Crippen molar-refractivity contribution in [3.05, 3.63) is 47.8 Å². The Bertz CT molecular complexity index is 1160. The van der Waals surface area contributed by atoms with E-state index in [1.165, 1.54) is 18.5 Å². The molecule has 0 radical (unpaired) electrons. The van der Waals surface area contributed by atoms with Crippen molar-refractivity contribution in [2.75, 3.05) is 25.1 Å². The Hall–Kier alpha value is -3.71. The number of amidine groups is 1. The van der Waals surface area contributed by atoms with Crippen molar-refractivity contribution in [3.63, 3.8) is 0 Å². The Morgan fingerprint density at radius 1 is 1.40 bits per heavy atom. The summed E-state index contributed by atoms with van der Waals surface area (Å²) in [6.07, 6.45) is 2.84. The van der Waals surface area contributed by atoms with Gasteiger partial charge in [0.25, 0.3) is 6.02 Å². The van der Waals surface area contributed by atoms with Gasteiger partial charge in [0.2, 0.25) is 0 Å². The van der Waals surface area contributed by atoms with Crippen molar-refractivity contribution in [2.45, 2.75) is 6.92 Å². The number of rotatable bonds is 4. The minimum absolute atomic E-state index is 0.0861. The van der Waals surface area contributed by atoms with Gasteiger partial charge in [0.1, 0.15) is 24.1 Å². The number of benzene rings is 1. The highest BCUT2D eigenvalue weighted by Gasteiger charge is 2.29. The molecule has 3 aromatic rings. The maximum Gasteiger partial charge on any atom is 0.289 e. The van der Waals surface area contributed by atoms with E-state index in [0.717, 1.165) is 12.1 Å². The van der Waals surface area contributed by atoms with E-state index in [1.54, 1.807) is 0 Å². The maximum absolute atomic E-state index is 14.6. The molecule has 3 heterocycles. The minimum atomic E-state index is -0.951. The normalized spacial score (nSPS) is 18.4. The molecule has 0 spiro atoms. The van der Waals surface area contributed by atoms with Gasteiger partial charge in [-0.15, -0.1) is 0 Å². The van der Waals surface area contributed by atoms with Gasteiger partial charge in [-0.2, -0.15) is 5.26 Å². The number of aromatic amines is 1. The van der Waals surface area contributed by atoms with Crippen molar-refractivity contribution in [1.82, 2.24) is 9.97 Å². The van der Waals surface area contributed by atoms with E-state index < -0.39 is 22.8 Å². The van der Waals surface area contributed by atoms with Crippen LogP contribution in [0, 0.1) is 28.4 Å². The average Bonchev–Trinajstić information content (AvgIpc) is 3.17. The molecule has 8 nitrogen and oxygen atoms in total. The first-order chi connectivity index (χ1) is 14.4. The lowest BCUT2D eigenvalue weighted by molar-refractivity contribution is 0.0706. The van der Waals surface area contributed by atoms with Crippen LogP contribution in [0.4, 0.5) is 14.5 Å². The number of hydrogen-bond acceptors (Lipinski definition) is 7. The van der Waals surface area contributed by atoms with Gasteiger partial charge in [0.05, 0.1) is 24.1 Å². The smallest absolute Gasteiger partial charge is 0.289 e. The predicted molar refractivity (Wildman–Crippen MR) is 104 cm³/mol. The highest BCUT2D eigenvalue weighted by atomic mass is 19.1.